The minimum atomic E-state index is 0.972. The van der Waals surface area contributed by atoms with Crippen molar-refractivity contribution < 1.29 is 4.74 Å². The summed E-state index contributed by atoms with van der Waals surface area (Å²) in [6.45, 7) is 12.5. The lowest BCUT2D eigenvalue weighted by molar-refractivity contribution is 0.411. The SMILES string of the molecule is CC.CCCC.COc1cccc(C)c1C. The van der Waals surface area contributed by atoms with Gasteiger partial charge in [-0.2, -0.15) is 0 Å². The molecule has 0 fully saturated rings. The van der Waals surface area contributed by atoms with Crippen molar-refractivity contribution in [2.75, 3.05) is 7.11 Å². The molecule has 0 aromatic heterocycles. The highest BCUT2D eigenvalue weighted by molar-refractivity contribution is 5.37. The summed E-state index contributed by atoms with van der Waals surface area (Å²) in [5.74, 6) is 0.972. The maximum atomic E-state index is 5.13. The third kappa shape index (κ3) is 7.33. The van der Waals surface area contributed by atoms with Gasteiger partial charge in [0.2, 0.25) is 0 Å². The van der Waals surface area contributed by atoms with Crippen LogP contribution in [-0.4, -0.2) is 7.11 Å². The predicted molar refractivity (Wildman–Crippen MR) is 74.4 cm³/mol. The van der Waals surface area contributed by atoms with Gasteiger partial charge in [-0.25, -0.2) is 0 Å². The number of ether oxygens (including phenoxy) is 1. The molecule has 0 radical (unpaired) electrons. The Kier molecular flexibility index (Phi) is 13.2. The highest BCUT2D eigenvalue weighted by Gasteiger charge is 1.97. The largest absolute Gasteiger partial charge is 0.496 e. The van der Waals surface area contributed by atoms with Crippen molar-refractivity contribution in [3.8, 4) is 5.75 Å². The smallest absolute Gasteiger partial charge is 0.122 e. The molecule has 0 saturated heterocycles. The molecule has 1 heteroatoms. The van der Waals surface area contributed by atoms with Gasteiger partial charge in [0.25, 0.3) is 0 Å². The quantitative estimate of drug-likeness (QED) is 0.675. The second-order valence-corrected chi connectivity index (χ2v) is 3.40. The van der Waals surface area contributed by atoms with E-state index in [9.17, 15) is 0 Å². The summed E-state index contributed by atoms with van der Waals surface area (Å²) >= 11 is 0. The predicted octanol–water partition coefficient (Wildman–Crippen LogP) is 5.14. The van der Waals surface area contributed by atoms with Crippen molar-refractivity contribution in [1.82, 2.24) is 0 Å². The Morgan fingerprint density at radius 3 is 1.81 bits per heavy atom. The first-order chi connectivity index (χ1) is 7.67. The van der Waals surface area contributed by atoms with E-state index in [0.717, 1.165) is 5.75 Å². The fraction of sp³-hybridized carbons (Fsp3) is 0.600. The summed E-state index contributed by atoms with van der Waals surface area (Å²) in [6.07, 6.45) is 2.64. The number of hydrogen-bond acceptors (Lipinski definition) is 1. The first-order valence-electron chi connectivity index (χ1n) is 6.27. The Hall–Kier alpha value is -0.980. The lowest BCUT2D eigenvalue weighted by Crippen LogP contribution is -1.88. The highest BCUT2D eigenvalue weighted by atomic mass is 16.5. The van der Waals surface area contributed by atoms with Crippen molar-refractivity contribution >= 4 is 0 Å². The zero-order chi connectivity index (χ0) is 13.0. The molecule has 0 aliphatic carbocycles. The monoisotopic (exact) mass is 224 g/mol. The van der Waals surface area contributed by atoms with Gasteiger partial charge in [0, 0.05) is 0 Å². The second-order valence-electron chi connectivity index (χ2n) is 3.40. The van der Waals surface area contributed by atoms with Crippen LogP contribution in [0.2, 0.25) is 0 Å². The Balaban J connectivity index is 0. The zero-order valence-corrected chi connectivity index (χ0v) is 12.1. The van der Waals surface area contributed by atoms with Gasteiger partial charge in [-0.15, -0.1) is 0 Å². The molecular weight excluding hydrogens is 196 g/mol. The maximum absolute atomic E-state index is 5.13. The van der Waals surface area contributed by atoms with Crippen LogP contribution in [-0.2, 0) is 0 Å². The van der Waals surface area contributed by atoms with Gasteiger partial charge in [0.15, 0.2) is 0 Å². The summed E-state index contributed by atoms with van der Waals surface area (Å²) < 4.78 is 5.13. The lowest BCUT2D eigenvalue weighted by Gasteiger charge is -2.05. The molecule has 0 saturated carbocycles. The van der Waals surface area contributed by atoms with Gasteiger partial charge >= 0.3 is 0 Å². The van der Waals surface area contributed by atoms with Crippen molar-refractivity contribution in [2.45, 2.75) is 54.4 Å². The van der Waals surface area contributed by atoms with Gasteiger partial charge in [-0.05, 0) is 31.0 Å². The minimum absolute atomic E-state index is 0.972. The van der Waals surface area contributed by atoms with Crippen LogP contribution in [0.5, 0.6) is 5.75 Å². The highest BCUT2D eigenvalue weighted by Crippen LogP contribution is 2.19. The van der Waals surface area contributed by atoms with Crippen LogP contribution in [0.3, 0.4) is 0 Å². The molecule has 0 atom stereocenters. The Labute approximate surface area is 102 Å². The molecule has 0 aliphatic heterocycles. The molecule has 0 heterocycles. The summed E-state index contributed by atoms with van der Waals surface area (Å²) in [5.41, 5.74) is 2.50. The van der Waals surface area contributed by atoms with Gasteiger partial charge in [0.1, 0.15) is 5.75 Å². The number of rotatable bonds is 2. The number of hydrogen-bond donors (Lipinski definition) is 0. The van der Waals surface area contributed by atoms with E-state index in [4.69, 9.17) is 4.74 Å². The van der Waals surface area contributed by atoms with E-state index in [0.29, 0.717) is 0 Å². The molecule has 0 unspecified atom stereocenters. The van der Waals surface area contributed by atoms with Crippen LogP contribution in [0.15, 0.2) is 18.2 Å². The first-order valence-corrected chi connectivity index (χ1v) is 6.27. The Morgan fingerprint density at radius 1 is 1.00 bits per heavy atom. The maximum Gasteiger partial charge on any atom is 0.122 e. The summed E-state index contributed by atoms with van der Waals surface area (Å²) in [4.78, 5) is 0. The lowest BCUT2D eigenvalue weighted by atomic mass is 10.1. The fourth-order valence-corrected chi connectivity index (χ4v) is 0.945. The van der Waals surface area contributed by atoms with E-state index in [1.54, 1.807) is 7.11 Å². The molecule has 0 N–H and O–H groups in total. The third-order valence-electron chi connectivity index (χ3n) is 2.27. The van der Waals surface area contributed by atoms with Gasteiger partial charge in [0.05, 0.1) is 7.11 Å². The van der Waals surface area contributed by atoms with Crippen molar-refractivity contribution in [3.63, 3.8) is 0 Å². The van der Waals surface area contributed by atoms with E-state index in [1.165, 1.54) is 24.0 Å². The summed E-state index contributed by atoms with van der Waals surface area (Å²) in [6, 6.07) is 6.06. The van der Waals surface area contributed by atoms with E-state index in [-0.39, 0.29) is 0 Å². The molecule has 0 amide bonds. The van der Waals surface area contributed by atoms with E-state index < -0.39 is 0 Å². The topological polar surface area (TPSA) is 9.23 Å². The number of methoxy groups -OCH3 is 1. The number of benzene rings is 1. The van der Waals surface area contributed by atoms with Crippen molar-refractivity contribution in [2.24, 2.45) is 0 Å². The molecule has 0 spiro atoms. The molecule has 0 bridgehead atoms. The molecule has 1 aromatic rings. The average molecular weight is 224 g/mol. The molecular formula is C15H28O. The molecule has 0 aliphatic rings. The van der Waals surface area contributed by atoms with E-state index >= 15 is 0 Å². The molecule has 16 heavy (non-hydrogen) atoms. The van der Waals surface area contributed by atoms with Crippen LogP contribution in [0.25, 0.3) is 0 Å². The van der Waals surface area contributed by atoms with E-state index in [2.05, 4.69) is 33.8 Å². The molecule has 1 rings (SSSR count). The summed E-state index contributed by atoms with van der Waals surface area (Å²) in [5, 5.41) is 0. The van der Waals surface area contributed by atoms with Gasteiger partial charge < -0.3 is 4.74 Å². The Bertz CT molecular complexity index is 252. The fourth-order valence-electron chi connectivity index (χ4n) is 0.945. The van der Waals surface area contributed by atoms with Gasteiger partial charge in [-0.1, -0.05) is 52.7 Å². The molecule has 94 valence electrons. The number of aryl methyl sites for hydroxylation is 1. The number of unbranched alkanes of at least 4 members (excludes halogenated alkanes) is 1. The van der Waals surface area contributed by atoms with E-state index in [1.807, 2.05) is 26.0 Å². The molecule has 1 aromatic carbocycles. The minimum Gasteiger partial charge on any atom is -0.496 e. The van der Waals surface area contributed by atoms with Crippen LogP contribution < -0.4 is 4.74 Å². The first kappa shape index (κ1) is 17.4. The normalized spacial score (nSPS) is 8.19. The third-order valence-corrected chi connectivity index (χ3v) is 2.27. The van der Waals surface area contributed by atoms with Crippen LogP contribution in [0, 0.1) is 13.8 Å². The summed E-state index contributed by atoms with van der Waals surface area (Å²) in [7, 11) is 1.70. The van der Waals surface area contributed by atoms with Crippen molar-refractivity contribution in [1.29, 1.82) is 0 Å². The van der Waals surface area contributed by atoms with Crippen LogP contribution in [0.4, 0.5) is 0 Å². The van der Waals surface area contributed by atoms with Crippen LogP contribution in [0.1, 0.15) is 51.7 Å². The van der Waals surface area contributed by atoms with Crippen LogP contribution >= 0.6 is 0 Å². The molecule has 1 nitrogen and oxygen atoms in total. The van der Waals surface area contributed by atoms with Gasteiger partial charge in [-0.3, -0.25) is 0 Å². The second kappa shape index (κ2) is 12.1. The van der Waals surface area contributed by atoms with Crippen molar-refractivity contribution in [3.05, 3.63) is 29.3 Å². The standard InChI is InChI=1S/C9H12O.C4H10.C2H6/c1-7-5-4-6-9(10-3)8(7)2;1-3-4-2;1-2/h4-6H,1-3H3;3-4H2,1-2H3;1-2H3. The zero-order valence-electron chi connectivity index (χ0n) is 12.1. The average Bonchev–Trinajstić information content (AvgIpc) is 2.35. The Morgan fingerprint density at radius 2 is 1.50 bits per heavy atom.